The van der Waals surface area contributed by atoms with Gasteiger partial charge in [-0.3, -0.25) is 4.72 Å². The lowest BCUT2D eigenvalue weighted by Crippen LogP contribution is -2.14. The van der Waals surface area contributed by atoms with Crippen LogP contribution >= 0.6 is 11.6 Å². The van der Waals surface area contributed by atoms with Crippen LogP contribution in [0.1, 0.15) is 0 Å². The number of benzene rings is 2. The summed E-state index contributed by atoms with van der Waals surface area (Å²) in [5.41, 5.74) is 0.278. The second kappa shape index (κ2) is 7.41. The van der Waals surface area contributed by atoms with Crippen molar-refractivity contribution in [2.75, 3.05) is 18.4 Å². The first kappa shape index (κ1) is 17.9. The fraction of sp³-hybridized carbons (Fsp3) is 0.133. The lowest BCUT2D eigenvalue weighted by atomic mass is 10.3. The minimum Gasteiger partial charge on any atom is -0.495 e. The Morgan fingerprint density at radius 1 is 1.21 bits per heavy atom. The quantitative estimate of drug-likeness (QED) is 0.775. The summed E-state index contributed by atoms with van der Waals surface area (Å²) in [5, 5.41) is 8.80. The zero-order chi connectivity index (χ0) is 17.7. The van der Waals surface area contributed by atoms with E-state index in [1.807, 2.05) is 0 Å². The van der Waals surface area contributed by atoms with Gasteiger partial charge in [-0.25, -0.2) is 13.2 Å². The summed E-state index contributed by atoms with van der Waals surface area (Å²) in [5.74, 6) is -0.637. The van der Waals surface area contributed by atoms with Gasteiger partial charge in [-0.15, -0.1) is 0 Å². The van der Waals surface area contributed by atoms with Crippen molar-refractivity contribution in [2.45, 2.75) is 4.90 Å². The molecule has 0 heterocycles. The van der Waals surface area contributed by atoms with Gasteiger partial charge in [0.1, 0.15) is 16.4 Å². The van der Waals surface area contributed by atoms with Gasteiger partial charge in [-0.1, -0.05) is 11.6 Å². The Labute approximate surface area is 143 Å². The maximum atomic E-state index is 12.5. The molecule has 0 fully saturated rings. The highest BCUT2D eigenvalue weighted by Crippen LogP contribution is 2.29. The van der Waals surface area contributed by atoms with E-state index in [0.717, 1.165) is 0 Å². The molecule has 7 nitrogen and oxygen atoms in total. The zero-order valence-corrected chi connectivity index (χ0v) is 14.1. The fourth-order valence-corrected chi connectivity index (χ4v) is 3.33. The monoisotopic (exact) mass is 371 g/mol. The average Bonchev–Trinajstić information content (AvgIpc) is 2.54. The van der Waals surface area contributed by atoms with Gasteiger partial charge < -0.3 is 14.6 Å². The highest BCUT2D eigenvalue weighted by Gasteiger charge is 2.20. The molecular formula is C15H14ClNO6S. The molecule has 0 aliphatic carbocycles. The van der Waals surface area contributed by atoms with Crippen molar-refractivity contribution in [3.8, 4) is 11.5 Å². The van der Waals surface area contributed by atoms with Crippen molar-refractivity contribution >= 4 is 33.3 Å². The molecule has 0 amide bonds. The number of methoxy groups -OCH3 is 1. The van der Waals surface area contributed by atoms with Crippen molar-refractivity contribution in [1.82, 2.24) is 0 Å². The topological polar surface area (TPSA) is 102 Å². The molecule has 0 radical (unpaired) electrons. The molecule has 128 valence electrons. The molecule has 2 aromatic rings. The van der Waals surface area contributed by atoms with E-state index in [1.54, 1.807) is 0 Å². The predicted octanol–water partition coefficient (Wildman–Crippen LogP) is 2.61. The van der Waals surface area contributed by atoms with Gasteiger partial charge in [-0.2, -0.15) is 0 Å². The van der Waals surface area contributed by atoms with E-state index in [-0.39, 0.29) is 21.4 Å². The van der Waals surface area contributed by atoms with E-state index in [1.165, 1.54) is 49.6 Å². The number of carboxylic acids is 1. The number of carbonyl (C=O) groups is 1. The largest absolute Gasteiger partial charge is 0.495 e. The van der Waals surface area contributed by atoms with Gasteiger partial charge in [0.2, 0.25) is 0 Å². The number of carboxylic acid groups (broad SMARTS) is 1. The minimum absolute atomic E-state index is 0.0938. The van der Waals surface area contributed by atoms with Crippen molar-refractivity contribution in [3.05, 3.63) is 47.5 Å². The van der Waals surface area contributed by atoms with Crippen LogP contribution in [0.15, 0.2) is 47.4 Å². The summed E-state index contributed by atoms with van der Waals surface area (Å²) in [6.07, 6.45) is 0. The number of hydrogen-bond acceptors (Lipinski definition) is 5. The lowest BCUT2D eigenvalue weighted by molar-refractivity contribution is -0.139. The van der Waals surface area contributed by atoms with E-state index in [9.17, 15) is 13.2 Å². The number of hydrogen-bond donors (Lipinski definition) is 2. The first-order valence-corrected chi connectivity index (χ1v) is 8.49. The third kappa shape index (κ3) is 4.53. The molecule has 2 aromatic carbocycles. The second-order valence-corrected chi connectivity index (χ2v) is 6.69. The van der Waals surface area contributed by atoms with Crippen molar-refractivity contribution < 1.29 is 27.8 Å². The Kier molecular flexibility index (Phi) is 5.53. The van der Waals surface area contributed by atoms with Gasteiger partial charge in [-0.05, 0) is 42.5 Å². The van der Waals surface area contributed by atoms with Crippen LogP contribution in [-0.2, 0) is 14.8 Å². The van der Waals surface area contributed by atoms with Crippen LogP contribution in [0, 0.1) is 0 Å². The molecule has 24 heavy (non-hydrogen) atoms. The molecule has 0 saturated carbocycles. The maximum absolute atomic E-state index is 12.5. The average molecular weight is 372 g/mol. The predicted molar refractivity (Wildman–Crippen MR) is 88.4 cm³/mol. The molecule has 0 bridgehead atoms. The van der Waals surface area contributed by atoms with E-state index < -0.39 is 22.6 Å². The van der Waals surface area contributed by atoms with Gasteiger partial charge in [0, 0.05) is 10.7 Å². The molecule has 0 spiro atoms. The molecule has 0 aliphatic heterocycles. The van der Waals surface area contributed by atoms with Crippen LogP contribution in [0.3, 0.4) is 0 Å². The third-order valence-electron chi connectivity index (χ3n) is 2.88. The second-order valence-electron chi connectivity index (χ2n) is 4.61. The molecule has 0 unspecified atom stereocenters. The number of sulfonamides is 1. The molecule has 0 saturated heterocycles. The maximum Gasteiger partial charge on any atom is 0.341 e. The number of anilines is 1. The highest BCUT2D eigenvalue weighted by atomic mass is 35.5. The summed E-state index contributed by atoms with van der Waals surface area (Å²) in [4.78, 5) is 10.3. The Balaban J connectivity index is 2.20. The third-order valence-corrected chi connectivity index (χ3v) is 4.52. The summed E-state index contributed by atoms with van der Waals surface area (Å²) < 4.78 is 37.4. The first-order valence-electron chi connectivity index (χ1n) is 6.63. The van der Waals surface area contributed by atoms with Gasteiger partial charge in [0.15, 0.2) is 6.61 Å². The number of aliphatic carboxylic acids is 1. The molecule has 2 N–H and O–H groups in total. The number of rotatable bonds is 7. The smallest absolute Gasteiger partial charge is 0.341 e. The van der Waals surface area contributed by atoms with Crippen LogP contribution in [0.5, 0.6) is 11.5 Å². The van der Waals surface area contributed by atoms with Crippen LogP contribution in [0.4, 0.5) is 5.69 Å². The summed E-state index contributed by atoms with van der Waals surface area (Å²) in [6, 6.07) is 10.1. The van der Waals surface area contributed by atoms with Crippen LogP contribution in [0.2, 0.25) is 5.02 Å². The summed E-state index contributed by atoms with van der Waals surface area (Å²) in [6.45, 7) is -0.481. The first-order chi connectivity index (χ1) is 11.3. The lowest BCUT2D eigenvalue weighted by Gasteiger charge is -2.12. The molecule has 0 aromatic heterocycles. The van der Waals surface area contributed by atoms with E-state index in [2.05, 4.69) is 4.72 Å². The zero-order valence-electron chi connectivity index (χ0n) is 12.5. The van der Waals surface area contributed by atoms with Crippen LogP contribution < -0.4 is 14.2 Å². The van der Waals surface area contributed by atoms with Crippen LogP contribution in [0.25, 0.3) is 0 Å². The van der Waals surface area contributed by atoms with Crippen molar-refractivity contribution in [2.24, 2.45) is 0 Å². The SMILES string of the molecule is COc1ccc(Cl)cc1S(=O)(=O)Nc1ccc(OCC(=O)O)cc1. The number of halogens is 1. The van der Waals surface area contributed by atoms with E-state index in [0.29, 0.717) is 5.75 Å². The fourth-order valence-electron chi connectivity index (χ4n) is 1.83. The van der Waals surface area contributed by atoms with Gasteiger partial charge in [0.05, 0.1) is 7.11 Å². The Bertz CT molecular complexity index is 836. The molecule has 0 aliphatic rings. The molecule has 2 rings (SSSR count). The van der Waals surface area contributed by atoms with Gasteiger partial charge in [0.25, 0.3) is 10.0 Å². The van der Waals surface area contributed by atoms with Crippen molar-refractivity contribution in [3.63, 3.8) is 0 Å². The summed E-state index contributed by atoms with van der Waals surface area (Å²) >= 11 is 5.85. The molecule has 9 heteroatoms. The highest BCUT2D eigenvalue weighted by molar-refractivity contribution is 7.92. The number of ether oxygens (including phenoxy) is 2. The molecule has 0 atom stereocenters. The normalized spacial score (nSPS) is 10.9. The van der Waals surface area contributed by atoms with E-state index in [4.69, 9.17) is 26.2 Å². The Morgan fingerprint density at radius 2 is 1.88 bits per heavy atom. The Morgan fingerprint density at radius 3 is 2.46 bits per heavy atom. The van der Waals surface area contributed by atoms with E-state index >= 15 is 0 Å². The number of nitrogens with one attached hydrogen (secondary N) is 1. The minimum atomic E-state index is -3.91. The summed E-state index contributed by atoms with van der Waals surface area (Å²) in [7, 11) is -2.55. The molecular weight excluding hydrogens is 358 g/mol. The van der Waals surface area contributed by atoms with Crippen molar-refractivity contribution in [1.29, 1.82) is 0 Å². The standard InChI is InChI=1S/C15H14ClNO6S/c1-22-13-7-2-10(16)8-14(13)24(20,21)17-11-3-5-12(6-4-11)23-9-15(18)19/h2-8,17H,9H2,1H3,(H,18,19). The Hall–Kier alpha value is -2.45. The van der Waals surface area contributed by atoms with Gasteiger partial charge >= 0.3 is 5.97 Å². The van der Waals surface area contributed by atoms with Crippen LogP contribution in [-0.4, -0.2) is 33.2 Å².